The Balaban J connectivity index is -0.0000000855. The van der Waals surface area contributed by atoms with E-state index >= 15 is 0 Å². The predicted molar refractivity (Wildman–Crippen MR) is 68.3 cm³/mol. The molecule has 0 aliphatic rings. The van der Waals surface area contributed by atoms with Gasteiger partial charge in [-0.2, -0.15) is 0 Å². The van der Waals surface area contributed by atoms with Crippen LogP contribution in [0, 0.1) is 0 Å². The second kappa shape index (κ2) is 26.0. The summed E-state index contributed by atoms with van der Waals surface area (Å²) < 4.78 is 24.1. The monoisotopic (exact) mass is 292 g/mol. The quantitative estimate of drug-likeness (QED) is 0.246. The van der Waals surface area contributed by atoms with Gasteiger partial charge in [-0.05, 0) is 0 Å². The molecule has 0 bridgehead atoms. The van der Waals surface area contributed by atoms with Crippen LogP contribution in [-0.2, 0) is 24.2 Å². The summed E-state index contributed by atoms with van der Waals surface area (Å²) in [6.07, 6.45) is 8.71. The van der Waals surface area contributed by atoms with Crippen LogP contribution in [0.2, 0.25) is 0 Å². The minimum Gasteiger partial charge on any atom is -0.481 e. The zero-order valence-electron chi connectivity index (χ0n) is 12.0. The van der Waals surface area contributed by atoms with Crippen LogP contribution in [0.3, 0.4) is 0 Å². The van der Waals surface area contributed by atoms with Crippen molar-refractivity contribution in [3.05, 3.63) is 0 Å². The molecule has 0 spiro atoms. The Morgan fingerprint density at radius 2 is 1.17 bits per heavy atom. The molecule has 0 saturated carbocycles. The maximum atomic E-state index is 9.37. The van der Waals surface area contributed by atoms with Gasteiger partial charge in [-0.3, -0.25) is 4.79 Å². The van der Waals surface area contributed by atoms with Gasteiger partial charge in [0.2, 0.25) is 0 Å². The molecule has 0 aliphatic carbocycles. The van der Waals surface area contributed by atoms with Crippen molar-refractivity contribution in [1.29, 1.82) is 0 Å². The summed E-state index contributed by atoms with van der Waals surface area (Å²) in [4.78, 5) is 9.37. The molecule has 0 fully saturated rings. The molecule has 18 heavy (non-hydrogen) atoms. The first-order valence-corrected chi connectivity index (χ1v) is 6.95. The fraction of sp³-hybridized carbons (Fsp3) is 0.909. The molecule has 0 aromatic heterocycles. The van der Waals surface area contributed by atoms with E-state index in [9.17, 15) is 4.79 Å². The average molecular weight is 292 g/mol. The third-order valence-electron chi connectivity index (χ3n) is 1.76. The van der Waals surface area contributed by atoms with Crippen LogP contribution in [0.4, 0.5) is 0 Å². The zero-order valence-corrected chi connectivity index (χ0v) is 14.8. The average Bonchev–Trinajstić information content (AvgIpc) is 2.24. The number of hydrogen-bond acceptors (Lipinski definition) is 4. The van der Waals surface area contributed by atoms with E-state index in [2.05, 4.69) is 13.8 Å². The van der Waals surface area contributed by atoms with E-state index < -0.39 is 17.0 Å². The molecule has 0 aliphatic heterocycles. The van der Waals surface area contributed by atoms with Crippen molar-refractivity contribution in [3.63, 3.8) is 0 Å². The van der Waals surface area contributed by atoms with E-state index in [1.54, 1.807) is 6.92 Å². The summed E-state index contributed by atoms with van der Waals surface area (Å²) in [7, 11) is -2.86. The van der Waals surface area contributed by atoms with Crippen molar-refractivity contribution in [1.82, 2.24) is 0 Å². The molecule has 0 amide bonds. The molecule has 0 aromatic carbocycles. The number of unbranched alkanes of at least 4 members (excludes halogenated alkanes) is 5. The van der Waals surface area contributed by atoms with Gasteiger partial charge in [0.1, 0.15) is 0 Å². The summed E-state index contributed by atoms with van der Waals surface area (Å²) in [6.45, 7) is 6.11. The molecule has 0 radical (unpaired) electrons. The molecule has 0 rings (SSSR count). The smallest absolute Gasteiger partial charge is 0.481 e. The van der Waals surface area contributed by atoms with E-state index in [0.29, 0.717) is 0 Å². The second-order valence-corrected chi connectivity index (χ2v) is 3.81. The van der Waals surface area contributed by atoms with Crippen LogP contribution in [-0.4, -0.2) is 15.6 Å². The number of carbonyl (C=O) groups is 1. The fourth-order valence-electron chi connectivity index (χ4n) is 0.854. The Bertz CT molecular complexity index is 205. The normalized spacial score (nSPS) is 8.28. The summed E-state index contributed by atoms with van der Waals surface area (Å²) in [6, 6.07) is 0. The van der Waals surface area contributed by atoms with E-state index in [1.165, 1.54) is 38.5 Å². The summed E-state index contributed by atoms with van der Waals surface area (Å²) in [5, 5.41) is 7.72. The molecule has 0 saturated heterocycles. The number of carboxylic acids is 1. The van der Waals surface area contributed by atoms with Crippen molar-refractivity contribution in [2.75, 3.05) is 0 Å². The van der Waals surface area contributed by atoms with Gasteiger partial charge in [0, 0.05) is 17.4 Å². The first kappa shape index (κ1) is 26.8. The first-order chi connectivity index (χ1) is 7.92. The molecule has 0 atom stereocenters. The molecule has 0 unspecified atom stereocenters. The van der Waals surface area contributed by atoms with E-state index in [4.69, 9.17) is 18.1 Å². The first-order valence-electron chi connectivity index (χ1n) is 5.92. The Hall–Kier alpha value is 0.380. The van der Waals surface area contributed by atoms with Gasteiger partial charge in [0.25, 0.3) is 0 Å². The van der Waals surface area contributed by atoms with Crippen molar-refractivity contribution >= 4 is 17.0 Å². The Labute approximate surface area is 134 Å². The summed E-state index contributed by atoms with van der Waals surface area (Å²) >= 11 is 0. The Kier molecular flexibility index (Phi) is 38.9. The van der Waals surface area contributed by atoms with Gasteiger partial charge in [-0.25, -0.2) is 0 Å². The molecular formula is C11H25NaO5S. The van der Waals surface area contributed by atoms with E-state index in [-0.39, 0.29) is 36.0 Å². The Morgan fingerprint density at radius 3 is 1.28 bits per heavy atom. The minimum absolute atomic E-state index is 0. The van der Waals surface area contributed by atoms with Gasteiger partial charge in [0.15, 0.2) is 0 Å². The van der Waals surface area contributed by atoms with Crippen molar-refractivity contribution < 1.29 is 52.4 Å². The molecule has 5 nitrogen and oxygen atoms in total. The third kappa shape index (κ3) is 71.1. The van der Waals surface area contributed by atoms with Crippen LogP contribution >= 0.6 is 0 Å². The summed E-state index contributed by atoms with van der Waals surface area (Å²) in [5.41, 5.74) is 0. The van der Waals surface area contributed by atoms with Gasteiger partial charge in [-0.15, -0.1) is 0 Å². The summed E-state index contributed by atoms with van der Waals surface area (Å²) in [5.74, 6) is -0.745. The minimum atomic E-state index is -2.86. The van der Waals surface area contributed by atoms with Crippen LogP contribution in [0.25, 0.3) is 0 Å². The topological polar surface area (TPSA) is 91.7 Å². The maximum absolute atomic E-state index is 9.37. The van der Waals surface area contributed by atoms with Gasteiger partial charge >= 0.3 is 35.5 Å². The third-order valence-corrected chi connectivity index (χ3v) is 1.76. The Morgan fingerprint density at radius 1 is 0.944 bits per heavy atom. The molecule has 0 heterocycles. The van der Waals surface area contributed by atoms with Crippen molar-refractivity contribution in [2.24, 2.45) is 0 Å². The van der Waals surface area contributed by atoms with E-state index in [1.807, 2.05) is 0 Å². The van der Waals surface area contributed by atoms with E-state index in [0.717, 1.165) is 0 Å². The number of hydrogen-bond donors (Lipinski definition) is 2. The van der Waals surface area contributed by atoms with Crippen LogP contribution in [0.15, 0.2) is 0 Å². The SMILES string of the molecule is CCC(=O)O.CCCCCCCC.O=[S-](=O)O.[Na+]. The van der Waals surface area contributed by atoms with Crippen LogP contribution < -0.4 is 29.6 Å². The van der Waals surface area contributed by atoms with Crippen molar-refractivity contribution in [3.8, 4) is 0 Å². The maximum Gasteiger partial charge on any atom is 1.00 e. The fourth-order valence-corrected chi connectivity index (χ4v) is 0.854. The van der Waals surface area contributed by atoms with Gasteiger partial charge in [-0.1, -0.05) is 59.3 Å². The zero-order chi connectivity index (χ0) is 14.1. The number of rotatable bonds is 6. The molecular weight excluding hydrogens is 267 g/mol. The van der Waals surface area contributed by atoms with Crippen molar-refractivity contribution in [2.45, 2.75) is 65.7 Å². The largest absolute Gasteiger partial charge is 1.00 e. The molecule has 2 N–H and O–H groups in total. The number of aliphatic carboxylic acids is 1. The van der Waals surface area contributed by atoms with Crippen LogP contribution in [0.5, 0.6) is 0 Å². The number of carboxylic acid groups (broad SMARTS) is 1. The van der Waals surface area contributed by atoms with Crippen LogP contribution in [0.1, 0.15) is 65.7 Å². The second-order valence-electron chi connectivity index (χ2n) is 3.38. The predicted octanol–water partition coefficient (Wildman–Crippen LogP) is 0.621. The molecule has 0 aromatic rings. The molecule has 106 valence electrons. The molecule has 7 heteroatoms. The standard InChI is InChI=1S/C8H18.C3H6O2.Na.HO3S/c1-3-5-7-8-6-4-2;1-2-3(4)5;;1-4(2)3/h3-8H2,1-2H3;2H2,1H3,(H,4,5);;(H,1,2,3)/q;;+1;-1. The van der Waals surface area contributed by atoms with Gasteiger partial charge < -0.3 is 18.1 Å². The van der Waals surface area contributed by atoms with Gasteiger partial charge in [0.05, 0.1) is 0 Å².